The molecule has 13 heavy (non-hydrogen) atoms. The number of rotatable bonds is 4. The first-order chi connectivity index (χ1) is 5.73. The third-order valence-corrected chi connectivity index (χ3v) is 1.76. The first-order valence-corrected chi connectivity index (χ1v) is 4.76. The Labute approximate surface area is 80.5 Å². The highest BCUT2D eigenvalue weighted by molar-refractivity contribution is 5.84. The van der Waals surface area contributed by atoms with Gasteiger partial charge in [-0.05, 0) is 33.1 Å². The third kappa shape index (κ3) is 5.64. The number of carbonyl (C=O) groups is 1. The second-order valence-electron chi connectivity index (χ2n) is 4.56. The van der Waals surface area contributed by atoms with E-state index < -0.39 is 5.60 Å². The van der Waals surface area contributed by atoms with Gasteiger partial charge in [0.2, 0.25) is 0 Å². The molecule has 1 unspecified atom stereocenters. The van der Waals surface area contributed by atoms with Crippen molar-refractivity contribution in [2.75, 3.05) is 0 Å². The van der Waals surface area contributed by atoms with Gasteiger partial charge in [-0.25, -0.2) is 0 Å². The topological polar surface area (TPSA) is 49.3 Å². The maximum atomic E-state index is 11.3. The number of amides is 1. The van der Waals surface area contributed by atoms with E-state index in [0.29, 0.717) is 5.92 Å². The molecule has 3 nitrogen and oxygen atoms in total. The lowest BCUT2D eigenvalue weighted by molar-refractivity contribution is -0.137. The summed E-state index contributed by atoms with van der Waals surface area (Å²) in [5.74, 6) is 0.248. The van der Waals surface area contributed by atoms with Gasteiger partial charge in [0.05, 0.1) is 0 Å². The Bertz CT molecular complexity index is 170. The molecule has 0 aromatic heterocycles. The molecule has 3 heteroatoms. The van der Waals surface area contributed by atoms with Crippen molar-refractivity contribution in [2.24, 2.45) is 5.92 Å². The second kappa shape index (κ2) is 4.61. The van der Waals surface area contributed by atoms with E-state index in [-0.39, 0.29) is 11.9 Å². The summed E-state index contributed by atoms with van der Waals surface area (Å²) in [5.41, 5.74) is -1.27. The van der Waals surface area contributed by atoms with Gasteiger partial charge in [0.1, 0.15) is 5.60 Å². The lowest BCUT2D eigenvalue weighted by atomic mass is 10.0. The van der Waals surface area contributed by atoms with E-state index in [0.717, 1.165) is 6.42 Å². The first kappa shape index (κ1) is 12.4. The molecule has 0 fully saturated rings. The molecule has 0 aliphatic carbocycles. The molecule has 0 spiro atoms. The normalized spacial score (nSPS) is 14.4. The van der Waals surface area contributed by atoms with E-state index in [1.165, 1.54) is 13.8 Å². The minimum absolute atomic E-state index is 0.124. The van der Waals surface area contributed by atoms with Crippen LogP contribution in [0.5, 0.6) is 0 Å². The Morgan fingerprint density at radius 3 is 2.15 bits per heavy atom. The van der Waals surface area contributed by atoms with Gasteiger partial charge in [-0.3, -0.25) is 4.79 Å². The fraction of sp³-hybridized carbons (Fsp3) is 0.900. The van der Waals surface area contributed by atoms with Gasteiger partial charge in [-0.2, -0.15) is 0 Å². The van der Waals surface area contributed by atoms with Crippen LogP contribution in [0.25, 0.3) is 0 Å². The average Bonchev–Trinajstić information content (AvgIpc) is 1.82. The summed E-state index contributed by atoms with van der Waals surface area (Å²) in [6.07, 6.45) is 0.932. The lowest BCUT2D eigenvalue weighted by Gasteiger charge is -2.21. The summed E-state index contributed by atoms with van der Waals surface area (Å²) in [5, 5.41) is 12.1. The average molecular weight is 187 g/mol. The van der Waals surface area contributed by atoms with Gasteiger partial charge in [0.15, 0.2) is 0 Å². The van der Waals surface area contributed by atoms with E-state index >= 15 is 0 Å². The fourth-order valence-electron chi connectivity index (χ4n) is 1.17. The first-order valence-electron chi connectivity index (χ1n) is 4.76. The number of nitrogens with one attached hydrogen (secondary N) is 1. The van der Waals surface area contributed by atoms with Crippen LogP contribution in [0.3, 0.4) is 0 Å². The van der Waals surface area contributed by atoms with E-state index in [9.17, 15) is 9.90 Å². The van der Waals surface area contributed by atoms with Gasteiger partial charge >= 0.3 is 0 Å². The summed E-state index contributed by atoms with van der Waals surface area (Å²) in [4.78, 5) is 11.3. The Morgan fingerprint density at radius 1 is 1.38 bits per heavy atom. The van der Waals surface area contributed by atoms with Crippen LogP contribution in [0.4, 0.5) is 0 Å². The molecule has 78 valence electrons. The lowest BCUT2D eigenvalue weighted by Crippen LogP contribution is -2.46. The monoisotopic (exact) mass is 187 g/mol. The van der Waals surface area contributed by atoms with Crippen molar-refractivity contribution in [3.63, 3.8) is 0 Å². The molecular formula is C10H21NO2. The molecule has 0 radical (unpaired) electrons. The molecule has 2 N–H and O–H groups in total. The van der Waals surface area contributed by atoms with Gasteiger partial charge in [-0.1, -0.05) is 13.8 Å². The van der Waals surface area contributed by atoms with Crippen LogP contribution < -0.4 is 5.32 Å². The molecule has 0 aromatic carbocycles. The zero-order valence-corrected chi connectivity index (χ0v) is 9.22. The number of aliphatic hydroxyl groups is 1. The zero-order chi connectivity index (χ0) is 10.6. The Balaban J connectivity index is 3.93. The minimum Gasteiger partial charge on any atom is -0.381 e. The van der Waals surface area contributed by atoms with Crippen LogP contribution in [0.1, 0.15) is 41.0 Å². The Kier molecular flexibility index (Phi) is 4.40. The molecule has 0 aliphatic rings. The van der Waals surface area contributed by atoms with Crippen molar-refractivity contribution >= 4 is 5.91 Å². The molecule has 0 aliphatic heterocycles. The van der Waals surface area contributed by atoms with Crippen molar-refractivity contribution in [3.8, 4) is 0 Å². The molecular weight excluding hydrogens is 166 g/mol. The predicted molar refractivity (Wildman–Crippen MR) is 53.4 cm³/mol. The highest BCUT2D eigenvalue weighted by Crippen LogP contribution is 2.06. The maximum absolute atomic E-state index is 11.3. The third-order valence-electron chi connectivity index (χ3n) is 1.76. The van der Waals surface area contributed by atoms with Crippen molar-refractivity contribution in [1.29, 1.82) is 0 Å². The fourth-order valence-corrected chi connectivity index (χ4v) is 1.17. The van der Waals surface area contributed by atoms with Crippen LogP contribution >= 0.6 is 0 Å². The zero-order valence-electron chi connectivity index (χ0n) is 9.22. The number of hydrogen-bond acceptors (Lipinski definition) is 2. The van der Waals surface area contributed by atoms with Gasteiger partial charge in [0, 0.05) is 6.04 Å². The van der Waals surface area contributed by atoms with Gasteiger partial charge in [0.25, 0.3) is 5.91 Å². The molecule has 0 bridgehead atoms. The number of hydrogen-bond donors (Lipinski definition) is 2. The molecule has 0 saturated heterocycles. The second-order valence-corrected chi connectivity index (χ2v) is 4.56. The standard InChI is InChI=1S/C10H21NO2/c1-7(2)6-8(3)11-9(12)10(4,5)13/h7-8,13H,6H2,1-5H3,(H,11,12). The van der Waals surface area contributed by atoms with E-state index in [4.69, 9.17) is 0 Å². The van der Waals surface area contributed by atoms with E-state index in [2.05, 4.69) is 19.2 Å². The predicted octanol–water partition coefficient (Wildman–Crippen LogP) is 1.31. The van der Waals surface area contributed by atoms with Crippen LogP contribution in [0, 0.1) is 5.92 Å². The van der Waals surface area contributed by atoms with Crippen molar-refractivity contribution in [1.82, 2.24) is 5.32 Å². The maximum Gasteiger partial charge on any atom is 0.251 e. The summed E-state index contributed by atoms with van der Waals surface area (Å²) >= 11 is 0. The highest BCUT2D eigenvalue weighted by Gasteiger charge is 2.24. The van der Waals surface area contributed by atoms with Crippen LogP contribution in [-0.4, -0.2) is 22.7 Å². The van der Waals surface area contributed by atoms with Crippen LogP contribution in [-0.2, 0) is 4.79 Å². The Morgan fingerprint density at radius 2 is 1.85 bits per heavy atom. The molecule has 1 amide bonds. The smallest absolute Gasteiger partial charge is 0.251 e. The molecule has 0 heterocycles. The SMILES string of the molecule is CC(C)CC(C)NC(=O)C(C)(C)O. The van der Waals surface area contributed by atoms with E-state index in [1.54, 1.807) is 0 Å². The summed E-state index contributed by atoms with van der Waals surface area (Å²) < 4.78 is 0. The summed E-state index contributed by atoms with van der Waals surface area (Å²) in [6, 6.07) is 0.124. The van der Waals surface area contributed by atoms with Gasteiger partial charge in [-0.15, -0.1) is 0 Å². The van der Waals surface area contributed by atoms with Gasteiger partial charge < -0.3 is 10.4 Å². The molecule has 0 aromatic rings. The van der Waals surface area contributed by atoms with Crippen molar-refractivity contribution < 1.29 is 9.90 Å². The highest BCUT2D eigenvalue weighted by atomic mass is 16.3. The number of carbonyl (C=O) groups excluding carboxylic acids is 1. The summed E-state index contributed by atoms with van der Waals surface area (Å²) in [6.45, 7) is 9.14. The quantitative estimate of drug-likeness (QED) is 0.697. The van der Waals surface area contributed by atoms with Crippen LogP contribution in [0.2, 0.25) is 0 Å². The molecule has 0 rings (SSSR count). The van der Waals surface area contributed by atoms with Crippen LogP contribution in [0.15, 0.2) is 0 Å². The molecule has 0 saturated carbocycles. The van der Waals surface area contributed by atoms with Crippen molar-refractivity contribution in [2.45, 2.75) is 52.7 Å². The largest absolute Gasteiger partial charge is 0.381 e. The van der Waals surface area contributed by atoms with Crippen molar-refractivity contribution in [3.05, 3.63) is 0 Å². The minimum atomic E-state index is -1.27. The Hall–Kier alpha value is -0.570. The molecule has 1 atom stereocenters. The summed E-state index contributed by atoms with van der Waals surface area (Å²) in [7, 11) is 0. The van der Waals surface area contributed by atoms with E-state index in [1.807, 2.05) is 6.92 Å².